The zero-order valence-corrected chi connectivity index (χ0v) is 16.7. The maximum Gasteiger partial charge on any atom is 0.433 e. The Balaban J connectivity index is 1.46. The van der Waals surface area contributed by atoms with Crippen molar-refractivity contribution < 1.29 is 18.0 Å². The summed E-state index contributed by atoms with van der Waals surface area (Å²) in [4.78, 5) is 28.2. The van der Waals surface area contributed by atoms with Gasteiger partial charge in [-0.05, 0) is 31.4 Å². The van der Waals surface area contributed by atoms with Crippen LogP contribution in [0.5, 0.6) is 0 Å². The molecule has 0 unspecified atom stereocenters. The first kappa shape index (κ1) is 19.9. The molecule has 1 amide bonds. The third-order valence-electron chi connectivity index (χ3n) is 5.56. The van der Waals surface area contributed by atoms with Crippen LogP contribution < -0.4 is 4.90 Å². The quantitative estimate of drug-likeness (QED) is 0.736. The molecule has 2 aromatic heterocycles. The van der Waals surface area contributed by atoms with Gasteiger partial charge in [-0.1, -0.05) is 11.6 Å². The largest absolute Gasteiger partial charge is 0.433 e. The standard InChI is InChI=1S/C19H19ClF3N5O/c1-10-13-7-28(8-14(13)26-11(2)17(10)20)18(29)12-3-4-27(6-12)16-5-15(19(21,22)23)24-9-25-16/h5,9,12H,3-4,6-8H2,1-2H3/t12-/m1/s1. The number of pyridine rings is 1. The lowest BCUT2D eigenvalue weighted by atomic mass is 10.1. The second-order valence-corrected chi connectivity index (χ2v) is 7.82. The average Bonchev–Trinajstić information content (AvgIpc) is 3.33. The summed E-state index contributed by atoms with van der Waals surface area (Å²) < 4.78 is 38.7. The highest BCUT2D eigenvalue weighted by Gasteiger charge is 2.37. The van der Waals surface area contributed by atoms with Crippen LogP contribution in [0.2, 0.25) is 5.02 Å². The van der Waals surface area contributed by atoms with E-state index < -0.39 is 11.9 Å². The highest BCUT2D eigenvalue weighted by molar-refractivity contribution is 6.32. The van der Waals surface area contributed by atoms with Crippen LogP contribution in [0.25, 0.3) is 0 Å². The topological polar surface area (TPSA) is 62.2 Å². The van der Waals surface area contributed by atoms with E-state index in [2.05, 4.69) is 15.0 Å². The minimum absolute atomic E-state index is 0.0243. The van der Waals surface area contributed by atoms with Gasteiger partial charge in [-0.15, -0.1) is 0 Å². The summed E-state index contributed by atoms with van der Waals surface area (Å²) in [6.45, 7) is 5.44. The fourth-order valence-corrected chi connectivity index (χ4v) is 4.12. The molecule has 4 rings (SSSR count). The van der Waals surface area contributed by atoms with Crippen molar-refractivity contribution in [2.24, 2.45) is 5.92 Å². The molecule has 1 saturated heterocycles. The molecule has 0 saturated carbocycles. The summed E-state index contributed by atoms with van der Waals surface area (Å²) >= 11 is 6.28. The van der Waals surface area contributed by atoms with Crippen LogP contribution in [0.15, 0.2) is 12.4 Å². The molecule has 154 valence electrons. The van der Waals surface area contributed by atoms with Crippen molar-refractivity contribution in [1.82, 2.24) is 19.9 Å². The molecule has 0 aromatic carbocycles. The highest BCUT2D eigenvalue weighted by Crippen LogP contribution is 2.34. The van der Waals surface area contributed by atoms with Crippen LogP contribution >= 0.6 is 11.6 Å². The summed E-state index contributed by atoms with van der Waals surface area (Å²) in [5.41, 5.74) is 2.54. The number of amides is 1. The van der Waals surface area contributed by atoms with E-state index >= 15 is 0 Å². The Hall–Kier alpha value is -2.42. The van der Waals surface area contributed by atoms with Crippen molar-refractivity contribution in [1.29, 1.82) is 0 Å². The molecule has 6 nitrogen and oxygen atoms in total. The lowest BCUT2D eigenvalue weighted by molar-refractivity contribution is -0.141. The Kier molecular flexibility index (Phi) is 4.88. The predicted molar refractivity (Wildman–Crippen MR) is 100 cm³/mol. The molecule has 0 N–H and O–H groups in total. The molecule has 10 heteroatoms. The van der Waals surface area contributed by atoms with Gasteiger partial charge in [0.05, 0.1) is 28.9 Å². The third kappa shape index (κ3) is 3.63. The zero-order valence-electron chi connectivity index (χ0n) is 15.9. The van der Waals surface area contributed by atoms with Crippen molar-refractivity contribution in [3.8, 4) is 0 Å². The molecule has 0 spiro atoms. The van der Waals surface area contributed by atoms with Crippen molar-refractivity contribution in [2.75, 3.05) is 18.0 Å². The molecular weight excluding hydrogens is 407 g/mol. The van der Waals surface area contributed by atoms with Crippen LogP contribution in [-0.2, 0) is 24.1 Å². The van der Waals surface area contributed by atoms with Gasteiger partial charge < -0.3 is 9.80 Å². The summed E-state index contributed by atoms with van der Waals surface area (Å²) in [5.74, 6) is -0.137. The van der Waals surface area contributed by atoms with Crippen LogP contribution in [0.4, 0.5) is 19.0 Å². The number of aromatic nitrogens is 3. The molecule has 2 aliphatic heterocycles. The molecule has 0 radical (unpaired) electrons. The molecule has 0 aliphatic carbocycles. The number of anilines is 1. The van der Waals surface area contributed by atoms with Gasteiger partial charge in [0.15, 0.2) is 0 Å². The Labute approximate surface area is 170 Å². The van der Waals surface area contributed by atoms with Crippen LogP contribution in [-0.4, -0.2) is 38.8 Å². The number of hydrogen-bond donors (Lipinski definition) is 0. The van der Waals surface area contributed by atoms with Crippen molar-refractivity contribution >= 4 is 23.3 Å². The maximum atomic E-state index is 13.0. The summed E-state index contributed by atoms with van der Waals surface area (Å²) in [6.07, 6.45) is -3.06. The fourth-order valence-electron chi connectivity index (χ4n) is 3.97. The van der Waals surface area contributed by atoms with Gasteiger partial charge in [-0.25, -0.2) is 9.97 Å². The van der Waals surface area contributed by atoms with Gasteiger partial charge in [0.1, 0.15) is 17.8 Å². The molecule has 1 atom stereocenters. The van der Waals surface area contributed by atoms with Gasteiger partial charge in [0.2, 0.25) is 5.91 Å². The van der Waals surface area contributed by atoms with Gasteiger partial charge in [0, 0.05) is 25.7 Å². The first-order chi connectivity index (χ1) is 13.6. The molecular formula is C19H19ClF3N5O. The molecule has 4 heterocycles. The Morgan fingerprint density at radius 2 is 2.00 bits per heavy atom. The Bertz CT molecular complexity index is 981. The number of aryl methyl sites for hydroxylation is 1. The second-order valence-electron chi connectivity index (χ2n) is 7.45. The number of nitrogens with zero attached hydrogens (tertiary/aromatic N) is 5. The molecule has 2 aliphatic rings. The third-order valence-corrected chi connectivity index (χ3v) is 6.11. The van der Waals surface area contributed by atoms with E-state index in [1.54, 1.807) is 9.80 Å². The molecule has 1 fully saturated rings. The van der Waals surface area contributed by atoms with E-state index in [-0.39, 0.29) is 17.6 Å². The zero-order chi connectivity index (χ0) is 20.9. The normalized spacial score (nSPS) is 19.0. The van der Waals surface area contributed by atoms with Gasteiger partial charge >= 0.3 is 6.18 Å². The number of carbonyl (C=O) groups is 1. The molecule has 29 heavy (non-hydrogen) atoms. The summed E-state index contributed by atoms with van der Waals surface area (Å²) in [6, 6.07) is 0.927. The van der Waals surface area contributed by atoms with E-state index in [1.807, 2.05) is 13.8 Å². The minimum atomic E-state index is -4.53. The lowest BCUT2D eigenvalue weighted by Gasteiger charge is -2.21. The van der Waals surface area contributed by atoms with E-state index in [0.717, 1.165) is 34.9 Å². The number of halogens is 4. The molecule has 0 bridgehead atoms. The summed E-state index contributed by atoms with van der Waals surface area (Å²) in [7, 11) is 0. The van der Waals surface area contributed by atoms with Crippen molar-refractivity contribution in [3.63, 3.8) is 0 Å². The first-order valence-electron chi connectivity index (χ1n) is 9.22. The van der Waals surface area contributed by atoms with Crippen LogP contribution in [0, 0.1) is 19.8 Å². The van der Waals surface area contributed by atoms with E-state index in [0.29, 0.717) is 37.6 Å². The first-order valence-corrected chi connectivity index (χ1v) is 9.60. The van der Waals surface area contributed by atoms with Gasteiger partial charge in [-0.2, -0.15) is 13.2 Å². The second kappa shape index (κ2) is 7.12. The van der Waals surface area contributed by atoms with Gasteiger partial charge in [0.25, 0.3) is 0 Å². The van der Waals surface area contributed by atoms with Crippen molar-refractivity contribution in [3.05, 3.63) is 45.6 Å². The monoisotopic (exact) mass is 425 g/mol. The molecule has 2 aromatic rings. The lowest BCUT2D eigenvalue weighted by Crippen LogP contribution is -2.34. The number of rotatable bonds is 2. The average molecular weight is 426 g/mol. The van der Waals surface area contributed by atoms with Gasteiger partial charge in [-0.3, -0.25) is 9.78 Å². The Morgan fingerprint density at radius 3 is 2.72 bits per heavy atom. The van der Waals surface area contributed by atoms with Crippen LogP contribution in [0.3, 0.4) is 0 Å². The van der Waals surface area contributed by atoms with Crippen molar-refractivity contribution in [2.45, 2.75) is 39.5 Å². The Morgan fingerprint density at radius 1 is 1.24 bits per heavy atom. The van der Waals surface area contributed by atoms with E-state index in [4.69, 9.17) is 11.6 Å². The van der Waals surface area contributed by atoms with E-state index in [1.165, 1.54) is 0 Å². The number of alkyl halides is 3. The smallest absolute Gasteiger partial charge is 0.356 e. The fraction of sp³-hybridized carbons (Fsp3) is 0.474. The maximum absolute atomic E-state index is 13.0. The van der Waals surface area contributed by atoms with Crippen LogP contribution in [0.1, 0.15) is 34.6 Å². The van der Waals surface area contributed by atoms with E-state index in [9.17, 15) is 18.0 Å². The summed E-state index contributed by atoms with van der Waals surface area (Å²) in [5, 5.41) is 0.620. The predicted octanol–water partition coefficient (Wildman–Crippen LogP) is 3.53. The SMILES string of the molecule is Cc1nc2c(c(C)c1Cl)CN(C(=O)[C@@H]1CCN(c3cc(C(F)(F)F)ncn3)C1)C2. The number of fused-ring (bicyclic) bond motifs is 1. The minimum Gasteiger partial charge on any atom is -0.356 e. The number of hydrogen-bond acceptors (Lipinski definition) is 5. The highest BCUT2D eigenvalue weighted by atomic mass is 35.5. The number of carbonyl (C=O) groups excluding carboxylic acids is 1.